The summed E-state index contributed by atoms with van der Waals surface area (Å²) in [4.78, 5) is 0. The van der Waals surface area contributed by atoms with E-state index in [-0.39, 0.29) is 6.61 Å². The highest BCUT2D eigenvalue weighted by Gasteiger charge is 2.19. The SMILES string of the molecule is CCn1c[n+](C[C@H](O)COc2cccc(OC)c2)c2cc(C)c(C)cc21. The van der Waals surface area contributed by atoms with Gasteiger partial charge in [0, 0.05) is 6.07 Å². The normalized spacial score (nSPS) is 12.3. The van der Waals surface area contributed by atoms with Gasteiger partial charge in [-0.2, -0.15) is 0 Å². The molecule has 0 saturated carbocycles. The van der Waals surface area contributed by atoms with Crippen LogP contribution in [0.1, 0.15) is 18.1 Å². The molecule has 1 heterocycles. The lowest BCUT2D eigenvalue weighted by Gasteiger charge is -2.12. The molecule has 0 unspecified atom stereocenters. The van der Waals surface area contributed by atoms with Crippen molar-refractivity contribution in [2.24, 2.45) is 0 Å². The minimum absolute atomic E-state index is 0.226. The first-order chi connectivity index (χ1) is 12.5. The van der Waals surface area contributed by atoms with Gasteiger partial charge in [0.05, 0.1) is 13.7 Å². The fourth-order valence-electron chi connectivity index (χ4n) is 3.10. The lowest BCUT2D eigenvalue weighted by atomic mass is 10.1. The molecule has 138 valence electrons. The van der Waals surface area contributed by atoms with E-state index in [0.717, 1.165) is 17.8 Å². The molecule has 3 aromatic rings. The van der Waals surface area contributed by atoms with Crippen LogP contribution in [-0.2, 0) is 13.1 Å². The Hall–Kier alpha value is -2.53. The van der Waals surface area contributed by atoms with Gasteiger partial charge in [-0.15, -0.1) is 0 Å². The number of aryl methyl sites for hydroxylation is 3. The zero-order valence-corrected chi connectivity index (χ0v) is 15.9. The van der Waals surface area contributed by atoms with Gasteiger partial charge in [-0.25, -0.2) is 9.13 Å². The summed E-state index contributed by atoms with van der Waals surface area (Å²) in [7, 11) is 1.62. The number of imidazole rings is 1. The Morgan fingerprint density at radius 1 is 1.12 bits per heavy atom. The standard InChI is InChI=1S/C21H27N2O3/c1-5-22-14-23(21-10-16(3)15(2)9-20(21)22)12-17(24)13-26-19-8-6-7-18(11-19)25-4/h6-11,14,17,24H,5,12-13H2,1-4H3/q+1/t17-/m0/s1. The van der Waals surface area contributed by atoms with Crippen LogP contribution >= 0.6 is 0 Å². The van der Waals surface area contributed by atoms with Crippen LogP contribution in [-0.4, -0.2) is 29.5 Å². The van der Waals surface area contributed by atoms with Crippen molar-refractivity contribution in [2.45, 2.75) is 40.0 Å². The first kappa shape index (κ1) is 18.3. The summed E-state index contributed by atoms with van der Waals surface area (Å²) < 4.78 is 15.2. The fraction of sp³-hybridized carbons (Fsp3) is 0.381. The third kappa shape index (κ3) is 3.83. The molecule has 0 radical (unpaired) electrons. The number of aliphatic hydroxyl groups is 1. The molecule has 3 rings (SSSR count). The molecule has 0 fully saturated rings. The monoisotopic (exact) mass is 355 g/mol. The number of benzene rings is 2. The Labute approximate surface area is 154 Å². The molecule has 1 atom stereocenters. The van der Waals surface area contributed by atoms with Crippen LogP contribution in [0.5, 0.6) is 11.5 Å². The predicted molar refractivity (Wildman–Crippen MR) is 102 cm³/mol. The van der Waals surface area contributed by atoms with E-state index >= 15 is 0 Å². The topological polar surface area (TPSA) is 47.5 Å². The molecule has 26 heavy (non-hydrogen) atoms. The van der Waals surface area contributed by atoms with Gasteiger partial charge < -0.3 is 14.6 Å². The first-order valence-corrected chi connectivity index (χ1v) is 8.96. The Kier molecular flexibility index (Phi) is 5.47. The molecular formula is C21H27N2O3+. The van der Waals surface area contributed by atoms with Crippen molar-refractivity contribution < 1.29 is 19.1 Å². The molecule has 5 heteroatoms. The molecule has 1 aromatic heterocycles. The van der Waals surface area contributed by atoms with E-state index in [2.05, 4.69) is 48.4 Å². The van der Waals surface area contributed by atoms with Crippen LogP contribution in [0.2, 0.25) is 0 Å². The summed E-state index contributed by atoms with van der Waals surface area (Å²) in [6.07, 6.45) is 1.46. The maximum Gasteiger partial charge on any atom is 0.244 e. The van der Waals surface area contributed by atoms with E-state index in [1.807, 2.05) is 24.3 Å². The second-order valence-corrected chi connectivity index (χ2v) is 6.62. The van der Waals surface area contributed by atoms with Gasteiger partial charge in [0.1, 0.15) is 30.8 Å². The zero-order chi connectivity index (χ0) is 18.7. The van der Waals surface area contributed by atoms with Gasteiger partial charge in [-0.05, 0) is 56.2 Å². The smallest absolute Gasteiger partial charge is 0.244 e. The van der Waals surface area contributed by atoms with Crippen molar-refractivity contribution in [1.29, 1.82) is 0 Å². The van der Waals surface area contributed by atoms with Crippen molar-refractivity contribution in [1.82, 2.24) is 4.57 Å². The molecule has 2 aromatic carbocycles. The molecule has 0 amide bonds. The molecule has 0 aliphatic carbocycles. The maximum absolute atomic E-state index is 10.5. The Bertz CT molecular complexity index is 902. The second-order valence-electron chi connectivity index (χ2n) is 6.62. The highest BCUT2D eigenvalue weighted by molar-refractivity contribution is 5.74. The number of hydrogen-bond donors (Lipinski definition) is 1. The van der Waals surface area contributed by atoms with E-state index in [4.69, 9.17) is 9.47 Å². The fourth-order valence-corrected chi connectivity index (χ4v) is 3.10. The van der Waals surface area contributed by atoms with E-state index in [0.29, 0.717) is 12.3 Å². The van der Waals surface area contributed by atoms with Crippen molar-refractivity contribution in [2.75, 3.05) is 13.7 Å². The summed E-state index contributed by atoms with van der Waals surface area (Å²) in [6, 6.07) is 11.8. The largest absolute Gasteiger partial charge is 0.497 e. The van der Waals surface area contributed by atoms with Crippen molar-refractivity contribution in [3.05, 3.63) is 53.9 Å². The van der Waals surface area contributed by atoms with Gasteiger partial charge in [0.25, 0.3) is 0 Å². The summed E-state index contributed by atoms with van der Waals surface area (Å²) in [5.74, 6) is 1.43. The Balaban J connectivity index is 1.74. The molecule has 0 saturated heterocycles. The number of hydrogen-bond acceptors (Lipinski definition) is 3. The first-order valence-electron chi connectivity index (χ1n) is 8.96. The average Bonchev–Trinajstić information content (AvgIpc) is 2.97. The average molecular weight is 355 g/mol. The molecule has 0 spiro atoms. The quantitative estimate of drug-likeness (QED) is 0.663. The molecule has 5 nitrogen and oxygen atoms in total. The minimum Gasteiger partial charge on any atom is -0.497 e. The lowest BCUT2D eigenvalue weighted by Crippen LogP contribution is -2.41. The third-order valence-corrected chi connectivity index (χ3v) is 4.72. The summed E-state index contributed by atoms with van der Waals surface area (Å²) in [5, 5.41) is 10.5. The van der Waals surface area contributed by atoms with Crippen molar-refractivity contribution >= 4 is 11.0 Å². The van der Waals surface area contributed by atoms with E-state index in [9.17, 15) is 5.11 Å². The molecular weight excluding hydrogens is 328 g/mol. The van der Waals surface area contributed by atoms with Crippen LogP contribution in [0, 0.1) is 13.8 Å². The summed E-state index contributed by atoms with van der Waals surface area (Å²) in [5.41, 5.74) is 4.86. The van der Waals surface area contributed by atoms with Gasteiger partial charge in [-0.3, -0.25) is 0 Å². The van der Waals surface area contributed by atoms with Crippen LogP contribution < -0.4 is 14.0 Å². The summed E-state index contributed by atoms with van der Waals surface area (Å²) >= 11 is 0. The van der Waals surface area contributed by atoms with Crippen LogP contribution in [0.15, 0.2) is 42.7 Å². The number of nitrogens with zero attached hydrogens (tertiary/aromatic N) is 2. The number of ether oxygens (including phenoxy) is 2. The van der Waals surface area contributed by atoms with Gasteiger partial charge >= 0.3 is 0 Å². The zero-order valence-electron chi connectivity index (χ0n) is 15.9. The van der Waals surface area contributed by atoms with Crippen LogP contribution in [0.3, 0.4) is 0 Å². The van der Waals surface area contributed by atoms with E-state index in [1.54, 1.807) is 7.11 Å². The van der Waals surface area contributed by atoms with Crippen molar-refractivity contribution in [3.63, 3.8) is 0 Å². The molecule has 1 N–H and O–H groups in total. The van der Waals surface area contributed by atoms with Crippen LogP contribution in [0.25, 0.3) is 11.0 Å². The highest BCUT2D eigenvalue weighted by Crippen LogP contribution is 2.20. The van der Waals surface area contributed by atoms with E-state index < -0.39 is 6.10 Å². The minimum atomic E-state index is -0.608. The second kappa shape index (κ2) is 7.79. The number of fused-ring (bicyclic) bond motifs is 1. The number of aliphatic hydroxyl groups excluding tert-OH is 1. The Morgan fingerprint density at radius 3 is 2.58 bits per heavy atom. The van der Waals surface area contributed by atoms with Gasteiger partial charge in [0.15, 0.2) is 11.0 Å². The Morgan fingerprint density at radius 2 is 1.85 bits per heavy atom. The molecule has 0 bridgehead atoms. The number of aromatic nitrogens is 2. The molecule has 0 aliphatic rings. The van der Waals surface area contributed by atoms with Crippen molar-refractivity contribution in [3.8, 4) is 11.5 Å². The third-order valence-electron chi connectivity index (χ3n) is 4.72. The summed E-state index contributed by atoms with van der Waals surface area (Å²) in [6.45, 7) is 7.97. The lowest BCUT2D eigenvalue weighted by molar-refractivity contribution is -0.679. The predicted octanol–water partition coefficient (Wildman–Crippen LogP) is 3.01. The van der Waals surface area contributed by atoms with Gasteiger partial charge in [-0.1, -0.05) is 6.07 Å². The maximum atomic E-state index is 10.5. The number of methoxy groups -OCH3 is 1. The van der Waals surface area contributed by atoms with E-state index in [1.165, 1.54) is 16.6 Å². The molecule has 0 aliphatic heterocycles. The van der Waals surface area contributed by atoms with Gasteiger partial charge in [0.2, 0.25) is 6.33 Å². The highest BCUT2D eigenvalue weighted by atomic mass is 16.5. The van der Waals surface area contributed by atoms with Crippen LogP contribution in [0.4, 0.5) is 0 Å². The number of rotatable bonds is 7.